The fraction of sp³-hybridized carbons (Fsp3) is 0.565. The SMILES string of the molecule is CC(C)=CCC/C(C)=C/CC/C(C)=C/C[C@@]12CC(=O)O[C@@H](C=CC1=O)C2. The molecule has 2 rings (SSSR count). The molecule has 3 heteroatoms. The molecule has 0 aromatic heterocycles. The van der Waals surface area contributed by atoms with Crippen molar-refractivity contribution in [3.8, 4) is 0 Å². The molecule has 0 N–H and O–H groups in total. The molecule has 1 aliphatic carbocycles. The molecule has 2 aliphatic rings. The summed E-state index contributed by atoms with van der Waals surface area (Å²) in [5, 5.41) is 0. The Labute approximate surface area is 157 Å². The van der Waals surface area contributed by atoms with E-state index in [1.54, 1.807) is 12.2 Å². The van der Waals surface area contributed by atoms with Crippen LogP contribution in [0.4, 0.5) is 0 Å². The van der Waals surface area contributed by atoms with Crippen molar-refractivity contribution in [3.63, 3.8) is 0 Å². The lowest BCUT2D eigenvalue weighted by Gasteiger charge is -2.39. The number of carbonyl (C=O) groups is 2. The Morgan fingerprint density at radius 2 is 1.73 bits per heavy atom. The monoisotopic (exact) mass is 356 g/mol. The smallest absolute Gasteiger partial charge is 0.307 e. The maximum Gasteiger partial charge on any atom is 0.307 e. The fourth-order valence-electron chi connectivity index (χ4n) is 3.62. The lowest BCUT2D eigenvalue weighted by molar-refractivity contribution is -0.163. The Morgan fingerprint density at radius 1 is 1.08 bits per heavy atom. The number of hydrogen-bond donors (Lipinski definition) is 0. The molecule has 142 valence electrons. The zero-order chi connectivity index (χ0) is 19.2. The fourth-order valence-corrected chi connectivity index (χ4v) is 3.62. The van der Waals surface area contributed by atoms with Gasteiger partial charge in [0.1, 0.15) is 6.10 Å². The lowest BCUT2D eigenvalue weighted by Crippen LogP contribution is -2.44. The summed E-state index contributed by atoms with van der Waals surface area (Å²) >= 11 is 0. The average molecular weight is 357 g/mol. The van der Waals surface area contributed by atoms with Crippen molar-refractivity contribution in [2.45, 2.75) is 78.7 Å². The van der Waals surface area contributed by atoms with Gasteiger partial charge in [0, 0.05) is 6.42 Å². The van der Waals surface area contributed by atoms with Gasteiger partial charge in [-0.15, -0.1) is 0 Å². The number of carbonyl (C=O) groups excluding carboxylic acids is 2. The first-order valence-corrected chi connectivity index (χ1v) is 9.67. The predicted molar refractivity (Wildman–Crippen MR) is 106 cm³/mol. The Morgan fingerprint density at radius 3 is 2.42 bits per heavy atom. The molecule has 0 unspecified atom stereocenters. The molecule has 0 radical (unpaired) electrons. The summed E-state index contributed by atoms with van der Waals surface area (Å²) < 4.78 is 5.26. The number of ketones is 1. The minimum atomic E-state index is -0.577. The predicted octanol–water partition coefficient (Wildman–Crippen LogP) is 5.63. The maximum atomic E-state index is 12.4. The van der Waals surface area contributed by atoms with Crippen LogP contribution in [-0.4, -0.2) is 17.9 Å². The Bertz CT molecular complexity index is 659. The number of esters is 1. The molecular weight excluding hydrogens is 324 g/mol. The van der Waals surface area contributed by atoms with Gasteiger partial charge < -0.3 is 4.74 Å². The summed E-state index contributed by atoms with van der Waals surface area (Å²) in [6.45, 7) is 8.57. The third kappa shape index (κ3) is 5.82. The topological polar surface area (TPSA) is 43.4 Å². The van der Waals surface area contributed by atoms with Crippen LogP contribution in [0.25, 0.3) is 0 Å². The van der Waals surface area contributed by atoms with E-state index in [1.807, 2.05) is 0 Å². The van der Waals surface area contributed by atoms with Gasteiger partial charge in [-0.2, -0.15) is 0 Å². The third-order valence-electron chi connectivity index (χ3n) is 5.31. The normalized spacial score (nSPS) is 25.9. The van der Waals surface area contributed by atoms with E-state index in [-0.39, 0.29) is 24.3 Å². The van der Waals surface area contributed by atoms with E-state index in [2.05, 4.69) is 45.9 Å². The van der Waals surface area contributed by atoms with Crippen LogP contribution in [0.3, 0.4) is 0 Å². The number of fused-ring (bicyclic) bond motifs is 2. The van der Waals surface area contributed by atoms with Gasteiger partial charge in [-0.3, -0.25) is 9.59 Å². The standard InChI is InChI=1S/C23H32O3/c1-17(2)7-5-8-18(3)9-6-10-19(4)13-14-23-15-20(11-12-21(23)24)26-22(25)16-23/h7,9,11-13,20H,5-6,8,10,14-16H2,1-4H3/b18-9+,19-13+/t20-,23+/m0/s1. The Kier molecular flexibility index (Phi) is 7.19. The van der Waals surface area contributed by atoms with Gasteiger partial charge in [0.05, 0.1) is 11.8 Å². The molecule has 2 atom stereocenters. The molecule has 1 heterocycles. The van der Waals surface area contributed by atoms with Gasteiger partial charge >= 0.3 is 5.97 Å². The van der Waals surface area contributed by atoms with Crippen LogP contribution in [-0.2, 0) is 14.3 Å². The molecule has 0 saturated carbocycles. The lowest BCUT2D eigenvalue weighted by atomic mass is 9.68. The number of allylic oxidation sites excluding steroid dienone is 7. The van der Waals surface area contributed by atoms with Gasteiger partial charge in [0.15, 0.2) is 5.78 Å². The van der Waals surface area contributed by atoms with E-state index in [0.717, 1.165) is 25.7 Å². The van der Waals surface area contributed by atoms with Gasteiger partial charge in [-0.1, -0.05) is 34.9 Å². The van der Waals surface area contributed by atoms with Crippen LogP contribution in [0.1, 0.15) is 72.6 Å². The summed E-state index contributed by atoms with van der Waals surface area (Å²) in [6.07, 6.45) is 15.5. The third-order valence-corrected chi connectivity index (χ3v) is 5.31. The van der Waals surface area contributed by atoms with E-state index >= 15 is 0 Å². The van der Waals surface area contributed by atoms with Crippen molar-refractivity contribution in [1.82, 2.24) is 0 Å². The van der Waals surface area contributed by atoms with Crippen LogP contribution in [0, 0.1) is 5.41 Å². The van der Waals surface area contributed by atoms with Crippen LogP contribution in [0.5, 0.6) is 0 Å². The van der Waals surface area contributed by atoms with Crippen molar-refractivity contribution in [1.29, 1.82) is 0 Å². The van der Waals surface area contributed by atoms with Gasteiger partial charge in [0.2, 0.25) is 0 Å². The first-order chi connectivity index (χ1) is 12.3. The highest BCUT2D eigenvalue weighted by molar-refractivity contribution is 5.99. The van der Waals surface area contributed by atoms with Crippen molar-refractivity contribution in [2.75, 3.05) is 0 Å². The second-order valence-electron chi connectivity index (χ2n) is 8.08. The average Bonchev–Trinajstić information content (AvgIpc) is 2.56. The van der Waals surface area contributed by atoms with Crippen LogP contribution >= 0.6 is 0 Å². The van der Waals surface area contributed by atoms with E-state index < -0.39 is 5.41 Å². The highest BCUT2D eigenvalue weighted by Crippen LogP contribution is 2.42. The second-order valence-corrected chi connectivity index (χ2v) is 8.08. The van der Waals surface area contributed by atoms with E-state index in [0.29, 0.717) is 12.8 Å². The summed E-state index contributed by atoms with van der Waals surface area (Å²) in [5.41, 5.74) is 3.51. The van der Waals surface area contributed by atoms with E-state index in [4.69, 9.17) is 4.74 Å². The number of rotatable bonds is 8. The molecule has 0 amide bonds. The number of ether oxygens (including phenoxy) is 1. The van der Waals surface area contributed by atoms with Gasteiger partial charge in [0.25, 0.3) is 0 Å². The molecule has 0 aromatic rings. The van der Waals surface area contributed by atoms with Crippen molar-refractivity contribution in [3.05, 3.63) is 47.1 Å². The summed E-state index contributed by atoms with van der Waals surface area (Å²) in [7, 11) is 0. The van der Waals surface area contributed by atoms with Crippen LogP contribution in [0.15, 0.2) is 47.1 Å². The van der Waals surface area contributed by atoms with Crippen LogP contribution in [0.2, 0.25) is 0 Å². The minimum absolute atomic E-state index is 0.0736. The zero-order valence-electron chi connectivity index (χ0n) is 16.6. The Balaban J connectivity index is 1.86. The minimum Gasteiger partial charge on any atom is -0.458 e. The molecule has 0 aromatic carbocycles. The molecule has 1 fully saturated rings. The van der Waals surface area contributed by atoms with E-state index in [1.165, 1.54) is 16.7 Å². The highest BCUT2D eigenvalue weighted by Gasteiger charge is 2.46. The first-order valence-electron chi connectivity index (χ1n) is 9.67. The van der Waals surface area contributed by atoms with Crippen LogP contribution < -0.4 is 0 Å². The molecule has 3 nitrogen and oxygen atoms in total. The quantitative estimate of drug-likeness (QED) is 0.418. The van der Waals surface area contributed by atoms with Gasteiger partial charge in [-0.05, 0) is 72.0 Å². The molecular formula is C23H32O3. The molecule has 26 heavy (non-hydrogen) atoms. The zero-order valence-corrected chi connectivity index (χ0v) is 16.6. The molecule has 1 aliphatic heterocycles. The molecule has 1 saturated heterocycles. The highest BCUT2D eigenvalue weighted by atomic mass is 16.5. The maximum absolute atomic E-state index is 12.4. The summed E-state index contributed by atoms with van der Waals surface area (Å²) in [4.78, 5) is 24.2. The van der Waals surface area contributed by atoms with E-state index in [9.17, 15) is 9.59 Å². The van der Waals surface area contributed by atoms with Crippen molar-refractivity contribution in [2.24, 2.45) is 5.41 Å². The molecule has 2 bridgehead atoms. The summed E-state index contributed by atoms with van der Waals surface area (Å²) in [5.74, 6) is -0.176. The summed E-state index contributed by atoms with van der Waals surface area (Å²) in [6, 6.07) is 0. The van der Waals surface area contributed by atoms with Crippen molar-refractivity contribution >= 4 is 11.8 Å². The largest absolute Gasteiger partial charge is 0.458 e. The second kappa shape index (κ2) is 9.16. The Hall–Kier alpha value is -1.90. The van der Waals surface area contributed by atoms with Crippen molar-refractivity contribution < 1.29 is 14.3 Å². The molecule has 0 spiro atoms. The van der Waals surface area contributed by atoms with Gasteiger partial charge in [-0.25, -0.2) is 0 Å². The number of hydrogen-bond acceptors (Lipinski definition) is 3. The first kappa shape index (κ1) is 20.4.